The fourth-order valence-corrected chi connectivity index (χ4v) is 1.13. The van der Waals surface area contributed by atoms with E-state index in [4.69, 9.17) is 23.2 Å². The lowest BCUT2D eigenvalue weighted by Gasteiger charge is -2.02. The molecule has 0 heterocycles. The van der Waals surface area contributed by atoms with Gasteiger partial charge in [-0.2, -0.15) is 0 Å². The van der Waals surface area contributed by atoms with E-state index in [0.29, 0.717) is 0 Å². The molecule has 66 valence electrons. The van der Waals surface area contributed by atoms with Crippen molar-refractivity contribution in [2.24, 2.45) is 0 Å². The van der Waals surface area contributed by atoms with Crippen molar-refractivity contribution in [1.82, 2.24) is 0 Å². The molecule has 5 heteroatoms. The predicted octanol–water partition coefficient (Wildman–Crippen LogP) is 3.50. The third-order valence-electron chi connectivity index (χ3n) is 1.32. The maximum Gasteiger partial charge on any atom is 0.196 e. The zero-order valence-corrected chi connectivity index (χ0v) is 7.19. The van der Waals surface area contributed by atoms with Gasteiger partial charge in [-0.3, -0.25) is 0 Å². The first-order valence-electron chi connectivity index (χ1n) is 2.95. The van der Waals surface area contributed by atoms with Crippen molar-refractivity contribution in [2.45, 2.75) is 5.88 Å². The Hall–Kier alpha value is -0.410. The van der Waals surface area contributed by atoms with Crippen molar-refractivity contribution >= 4 is 23.2 Å². The van der Waals surface area contributed by atoms with E-state index < -0.39 is 22.5 Å². The van der Waals surface area contributed by atoms with Crippen LogP contribution in [0.2, 0.25) is 5.02 Å². The molecule has 0 aliphatic carbocycles. The van der Waals surface area contributed by atoms with Gasteiger partial charge in [0.15, 0.2) is 17.5 Å². The Bertz CT molecular complexity index is 312. The van der Waals surface area contributed by atoms with Gasteiger partial charge in [0, 0.05) is 5.56 Å². The number of hydrogen-bond donors (Lipinski definition) is 0. The lowest BCUT2D eigenvalue weighted by molar-refractivity contribution is 0.443. The first-order chi connectivity index (χ1) is 5.57. The Balaban J connectivity index is 3.39. The van der Waals surface area contributed by atoms with Crippen LogP contribution in [0.4, 0.5) is 13.2 Å². The van der Waals surface area contributed by atoms with Crippen LogP contribution in [0, 0.1) is 17.5 Å². The summed E-state index contributed by atoms with van der Waals surface area (Å²) in [5.41, 5.74) is -0.152. The highest BCUT2D eigenvalue weighted by Crippen LogP contribution is 2.24. The van der Waals surface area contributed by atoms with Gasteiger partial charge in [0.2, 0.25) is 0 Å². The third-order valence-corrected chi connectivity index (χ3v) is 1.88. The first-order valence-corrected chi connectivity index (χ1v) is 3.87. The number of alkyl halides is 1. The number of rotatable bonds is 1. The molecule has 0 aliphatic heterocycles. The van der Waals surface area contributed by atoms with Crippen LogP contribution >= 0.6 is 23.2 Å². The minimum atomic E-state index is -1.59. The molecule has 0 atom stereocenters. The van der Waals surface area contributed by atoms with E-state index in [1.54, 1.807) is 0 Å². The van der Waals surface area contributed by atoms with Crippen molar-refractivity contribution < 1.29 is 13.2 Å². The van der Waals surface area contributed by atoms with E-state index in [1.807, 2.05) is 0 Å². The normalized spacial score (nSPS) is 10.4. The van der Waals surface area contributed by atoms with Crippen molar-refractivity contribution in [1.29, 1.82) is 0 Å². The second-order valence-electron chi connectivity index (χ2n) is 2.09. The molecular weight excluding hydrogens is 212 g/mol. The highest BCUT2D eigenvalue weighted by Gasteiger charge is 2.16. The molecule has 0 unspecified atom stereocenters. The van der Waals surface area contributed by atoms with Gasteiger partial charge in [0.05, 0.1) is 10.9 Å². The molecule has 0 fully saturated rings. The van der Waals surface area contributed by atoms with Crippen molar-refractivity contribution in [3.8, 4) is 0 Å². The minimum Gasteiger partial charge on any atom is -0.203 e. The Morgan fingerprint density at radius 1 is 1.08 bits per heavy atom. The molecule has 0 saturated carbocycles. The maximum atomic E-state index is 12.7. The van der Waals surface area contributed by atoms with E-state index in [-0.39, 0.29) is 11.4 Å². The van der Waals surface area contributed by atoms with Crippen LogP contribution in [0.5, 0.6) is 0 Å². The summed E-state index contributed by atoms with van der Waals surface area (Å²) in [6.07, 6.45) is 0. The highest BCUT2D eigenvalue weighted by atomic mass is 35.5. The monoisotopic (exact) mass is 214 g/mol. The fraction of sp³-hybridized carbons (Fsp3) is 0.143. The average Bonchev–Trinajstić information content (AvgIpc) is 2.08. The SMILES string of the molecule is Fc1c(Cl)cc(CCl)c(F)c1F. The van der Waals surface area contributed by atoms with Gasteiger partial charge in [-0.05, 0) is 6.07 Å². The molecule has 1 aromatic carbocycles. The van der Waals surface area contributed by atoms with E-state index in [2.05, 4.69) is 0 Å². The van der Waals surface area contributed by atoms with Gasteiger partial charge in [-0.15, -0.1) is 11.6 Å². The number of hydrogen-bond acceptors (Lipinski definition) is 0. The summed E-state index contributed by atoms with van der Waals surface area (Å²) < 4.78 is 37.7. The minimum absolute atomic E-state index is 0.152. The molecule has 0 nitrogen and oxygen atoms in total. The fourth-order valence-electron chi connectivity index (χ4n) is 0.719. The van der Waals surface area contributed by atoms with Crippen molar-refractivity contribution in [3.63, 3.8) is 0 Å². The second kappa shape index (κ2) is 3.54. The summed E-state index contributed by atoms with van der Waals surface area (Å²) in [4.78, 5) is 0. The zero-order chi connectivity index (χ0) is 9.30. The van der Waals surface area contributed by atoms with Crippen LogP contribution in [0.15, 0.2) is 6.07 Å². The molecule has 0 saturated heterocycles. The standard InChI is InChI=1S/C7H3Cl2F3/c8-2-3-1-4(9)6(11)7(12)5(3)10/h1H,2H2. The third kappa shape index (κ3) is 1.52. The van der Waals surface area contributed by atoms with Gasteiger partial charge < -0.3 is 0 Å². The van der Waals surface area contributed by atoms with Gasteiger partial charge in [-0.25, -0.2) is 13.2 Å². The van der Waals surface area contributed by atoms with Crippen LogP contribution in [0.1, 0.15) is 5.56 Å². The Morgan fingerprint density at radius 2 is 1.67 bits per heavy atom. The summed E-state index contributed by atoms with van der Waals surface area (Å²) in [5.74, 6) is -4.50. The molecule has 1 rings (SSSR count). The van der Waals surface area contributed by atoms with Gasteiger partial charge in [-0.1, -0.05) is 11.6 Å². The molecule has 1 aromatic rings. The van der Waals surface area contributed by atoms with E-state index in [0.717, 1.165) is 6.07 Å². The van der Waals surface area contributed by atoms with Gasteiger partial charge >= 0.3 is 0 Å². The average molecular weight is 215 g/mol. The maximum absolute atomic E-state index is 12.7. The second-order valence-corrected chi connectivity index (χ2v) is 2.77. The van der Waals surface area contributed by atoms with E-state index in [1.165, 1.54) is 0 Å². The van der Waals surface area contributed by atoms with Gasteiger partial charge in [0.25, 0.3) is 0 Å². The number of halogens is 5. The zero-order valence-electron chi connectivity index (χ0n) is 5.67. The highest BCUT2D eigenvalue weighted by molar-refractivity contribution is 6.30. The number of benzene rings is 1. The molecule has 0 N–H and O–H groups in total. The van der Waals surface area contributed by atoms with E-state index >= 15 is 0 Å². The van der Waals surface area contributed by atoms with Crippen LogP contribution in [-0.4, -0.2) is 0 Å². The summed E-state index contributed by atoms with van der Waals surface area (Å²) >= 11 is 10.5. The topological polar surface area (TPSA) is 0 Å². The smallest absolute Gasteiger partial charge is 0.196 e. The molecule has 0 bridgehead atoms. The molecule has 0 amide bonds. The van der Waals surface area contributed by atoms with Crippen LogP contribution in [-0.2, 0) is 5.88 Å². The summed E-state index contributed by atoms with van der Waals surface area (Å²) in [6, 6.07) is 0.961. The lowest BCUT2D eigenvalue weighted by atomic mass is 10.2. The van der Waals surface area contributed by atoms with Gasteiger partial charge in [0.1, 0.15) is 0 Å². The van der Waals surface area contributed by atoms with E-state index in [9.17, 15) is 13.2 Å². The summed E-state index contributed by atoms with van der Waals surface area (Å²) in [5, 5.41) is -0.468. The molecular formula is C7H3Cl2F3. The molecule has 0 aliphatic rings. The van der Waals surface area contributed by atoms with Crippen LogP contribution in [0.25, 0.3) is 0 Å². The predicted molar refractivity (Wildman–Crippen MR) is 40.9 cm³/mol. The molecule has 0 aromatic heterocycles. The largest absolute Gasteiger partial charge is 0.203 e. The molecule has 0 radical (unpaired) electrons. The Morgan fingerprint density at radius 3 is 2.17 bits per heavy atom. The summed E-state index contributed by atoms with van der Waals surface area (Å²) in [7, 11) is 0. The quantitative estimate of drug-likeness (QED) is 0.382. The molecule has 0 spiro atoms. The van der Waals surface area contributed by atoms with Crippen molar-refractivity contribution in [2.75, 3.05) is 0 Å². The van der Waals surface area contributed by atoms with Crippen LogP contribution < -0.4 is 0 Å². The summed E-state index contributed by atoms with van der Waals surface area (Å²) in [6.45, 7) is 0. The lowest BCUT2D eigenvalue weighted by Crippen LogP contribution is -1.96. The van der Waals surface area contributed by atoms with Crippen molar-refractivity contribution in [3.05, 3.63) is 34.1 Å². The molecule has 12 heavy (non-hydrogen) atoms. The Kier molecular flexibility index (Phi) is 2.85. The first kappa shape index (κ1) is 9.68. The van der Waals surface area contributed by atoms with Crippen LogP contribution in [0.3, 0.4) is 0 Å². The Labute approximate surface area is 76.9 Å².